The van der Waals surface area contributed by atoms with Crippen molar-refractivity contribution in [1.82, 2.24) is 0 Å². The highest BCUT2D eigenvalue weighted by atomic mass is 16.5. The number of anilines is 1. The third-order valence-corrected chi connectivity index (χ3v) is 3.84. The average Bonchev–Trinajstić information content (AvgIpc) is 2.54. The molecular weight excluding hydrogens is 276 g/mol. The topological polar surface area (TPSA) is 47.7 Å². The number of hydrogen-bond donors (Lipinski definition) is 1. The highest BCUT2D eigenvalue weighted by molar-refractivity contribution is 5.61. The smallest absolute Gasteiger partial charge is 0.143 e. The van der Waals surface area contributed by atoms with Gasteiger partial charge in [0.2, 0.25) is 0 Å². The zero-order valence-corrected chi connectivity index (χ0v) is 12.9. The molecule has 0 aromatic heterocycles. The lowest BCUT2D eigenvalue weighted by Gasteiger charge is -2.31. The van der Waals surface area contributed by atoms with Gasteiger partial charge in [0.25, 0.3) is 0 Å². The molecule has 0 bridgehead atoms. The summed E-state index contributed by atoms with van der Waals surface area (Å²) in [6.45, 7) is 5.68. The fourth-order valence-corrected chi connectivity index (χ4v) is 2.66. The third-order valence-electron chi connectivity index (χ3n) is 3.84. The van der Waals surface area contributed by atoms with E-state index in [0.717, 1.165) is 35.8 Å². The summed E-state index contributed by atoms with van der Waals surface area (Å²) >= 11 is 0. The zero-order chi connectivity index (χ0) is 15.4. The molecule has 3 rings (SSSR count). The standard InChI is InChI=1S/C18H22N2O2/c1-14-3-2-4-16(11-14)21-9-7-20-8-10-22-18-12-15(13-19)5-6-17(18)20/h2-6,11-12H,7-10,13,19H2,1H3. The summed E-state index contributed by atoms with van der Waals surface area (Å²) in [5, 5.41) is 0. The fourth-order valence-electron chi connectivity index (χ4n) is 2.66. The number of rotatable bonds is 5. The molecule has 0 unspecified atom stereocenters. The second-order valence-electron chi connectivity index (χ2n) is 5.51. The summed E-state index contributed by atoms with van der Waals surface area (Å²) in [6.07, 6.45) is 0. The van der Waals surface area contributed by atoms with Crippen molar-refractivity contribution >= 4 is 5.69 Å². The van der Waals surface area contributed by atoms with Gasteiger partial charge >= 0.3 is 0 Å². The van der Waals surface area contributed by atoms with E-state index < -0.39 is 0 Å². The van der Waals surface area contributed by atoms with Crippen LogP contribution in [-0.2, 0) is 6.54 Å². The molecule has 0 amide bonds. The first-order valence-corrected chi connectivity index (χ1v) is 7.66. The van der Waals surface area contributed by atoms with Gasteiger partial charge in [-0.15, -0.1) is 0 Å². The van der Waals surface area contributed by atoms with Gasteiger partial charge in [-0.2, -0.15) is 0 Å². The Morgan fingerprint density at radius 1 is 1.23 bits per heavy atom. The van der Waals surface area contributed by atoms with Crippen LogP contribution < -0.4 is 20.1 Å². The molecule has 116 valence electrons. The minimum atomic E-state index is 0.535. The summed E-state index contributed by atoms with van der Waals surface area (Å²) in [5.41, 5.74) is 9.11. The van der Waals surface area contributed by atoms with Crippen molar-refractivity contribution < 1.29 is 9.47 Å². The van der Waals surface area contributed by atoms with Crippen LogP contribution in [-0.4, -0.2) is 26.3 Å². The summed E-state index contributed by atoms with van der Waals surface area (Å²) in [5.74, 6) is 1.84. The van der Waals surface area contributed by atoms with E-state index in [2.05, 4.69) is 36.1 Å². The number of aryl methyl sites for hydroxylation is 1. The molecular formula is C18H22N2O2. The molecule has 0 saturated heterocycles. The first-order chi connectivity index (χ1) is 10.8. The predicted molar refractivity (Wildman–Crippen MR) is 88.7 cm³/mol. The van der Waals surface area contributed by atoms with Crippen molar-refractivity contribution in [3.63, 3.8) is 0 Å². The van der Waals surface area contributed by atoms with Gasteiger partial charge in [-0.1, -0.05) is 18.2 Å². The van der Waals surface area contributed by atoms with Crippen LogP contribution in [0, 0.1) is 6.92 Å². The number of hydrogen-bond acceptors (Lipinski definition) is 4. The fraction of sp³-hybridized carbons (Fsp3) is 0.333. The van der Waals surface area contributed by atoms with Gasteiger partial charge in [0.05, 0.1) is 18.8 Å². The van der Waals surface area contributed by atoms with Crippen molar-refractivity contribution in [3.8, 4) is 11.5 Å². The lowest BCUT2D eigenvalue weighted by Crippen LogP contribution is -2.35. The molecule has 0 fully saturated rings. The Morgan fingerprint density at radius 2 is 2.14 bits per heavy atom. The van der Waals surface area contributed by atoms with Crippen molar-refractivity contribution in [3.05, 3.63) is 53.6 Å². The van der Waals surface area contributed by atoms with Gasteiger partial charge in [-0.05, 0) is 42.3 Å². The summed E-state index contributed by atoms with van der Waals surface area (Å²) < 4.78 is 11.6. The molecule has 1 aliphatic heterocycles. The Balaban J connectivity index is 1.62. The SMILES string of the molecule is Cc1cccc(OCCN2CCOc3cc(CN)ccc32)c1. The molecule has 1 heterocycles. The van der Waals surface area contributed by atoms with Crippen LogP contribution in [0.5, 0.6) is 11.5 Å². The van der Waals surface area contributed by atoms with E-state index in [-0.39, 0.29) is 0 Å². The third kappa shape index (κ3) is 3.34. The van der Waals surface area contributed by atoms with Crippen molar-refractivity contribution in [2.75, 3.05) is 31.2 Å². The van der Waals surface area contributed by atoms with Gasteiger partial charge in [-0.3, -0.25) is 0 Å². The average molecular weight is 298 g/mol. The Labute approximate surface area is 131 Å². The van der Waals surface area contributed by atoms with E-state index in [0.29, 0.717) is 19.8 Å². The Hall–Kier alpha value is -2.20. The normalized spacial score (nSPS) is 13.5. The first kappa shape index (κ1) is 14.7. The Bertz CT molecular complexity index is 643. The number of fused-ring (bicyclic) bond motifs is 1. The Kier molecular flexibility index (Phi) is 4.49. The monoisotopic (exact) mass is 298 g/mol. The minimum absolute atomic E-state index is 0.535. The van der Waals surface area contributed by atoms with Gasteiger partial charge in [0.1, 0.15) is 24.7 Å². The molecule has 22 heavy (non-hydrogen) atoms. The van der Waals surface area contributed by atoms with Crippen molar-refractivity contribution in [2.45, 2.75) is 13.5 Å². The maximum absolute atomic E-state index is 5.85. The molecule has 4 heteroatoms. The molecule has 4 nitrogen and oxygen atoms in total. The van der Waals surface area contributed by atoms with Crippen molar-refractivity contribution in [2.24, 2.45) is 5.73 Å². The number of nitrogens with two attached hydrogens (primary N) is 1. The maximum atomic E-state index is 5.85. The van der Waals surface area contributed by atoms with Crippen LogP contribution in [0.3, 0.4) is 0 Å². The highest BCUT2D eigenvalue weighted by Gasteiger charge is 2.18. The van der Waals surface area contributed by atoms with Gasteiger partial charge in [-0.25, -0.2) is 0 Å². The molecule has 0 atom stereocenters. The van der Waals surface area contributed by atoms with Gasteiger partial charge in [0.15, 0.2) is 0 Å². The largest absolute Gasteiger partial charge is 0.492 e. The van der Waals surface area contributed by atoms with Crippen LogP contribution in [0.1, 0.15) is 11.1 Å². The van der Waals surface area contributed by atoms with Crippen LogP contribution >= 0.6 is 0 Å². The maximum Gasteiger partial charge on any atom is 0.143 e. The molecule has 2 aromatic rings. The second-order valence-corrected chi connectivity index (χ2v) is 5.51. The van der Waals surface area contributed by atoms with E-state index in [1.165, 1.54) is 5.56 Å². The zero-order valence-electron chi connectivity index (χ0n) is 12.9. The van der Waals surface area contributed by atoms with E-state index in [1.807, 2.05) is 18.2 Å². The van der Waals surface area contributed by atoms with Crippen LogP contribution in [0.4, 0.5) is 5.69 Å². The molecule has 0 aliphatic carbocycles. The molecule has 0 spiro atoms. The highest BCUT2D eigenvalue weighted by Crippen LogP contribution is 2.32. The quantitative estimate of drug-likeness (QED) is 0.922. The minimum Gasteiger partial charge on any atom is -0.492 e. The van der Waals surface area contributed by atoms with E-state index in [1.54, 1.807) is 0 Å². The summed E-state index contributed by atoms with van der Waals surface area (Å²) in [6, 6.07) is 14.3. The summed E-state index contributed by atoms with van der Waals surface area (Å²) in [4.78, 5) is 2.30. The van der Waals surface area contributed by atoms with Gasteiger partial charge in [0, 0.05) is 6.54 Å². The molecule has 0 saturated carbocycles. The van der Waals surface area contributed by atoms with Crippen molar-refractivity contribution in [1.29, 1.82) is 0 Å². The van der Waals surface area contributed by atoms with E-state index in [4.69, 9.17) is 15.2 Å². The lowest BCUT2D eigenvalue weighted by molar-refractivity contribution is 0.288. The lowest BCUT2D eigenvalue weighted by atomic mass is 10.1. The van der Waals surface area contributed by atoms with E-state index >= 15 is 0 Å². The number of benzene rings is 2. The molecule has 2 N–H and O–H groups in total. The molecule has 0 radical (unpaired) electrons. The molecule has 2 aromatic carbocycles. The first-order valence-electron chi connectivity index (χ1n) is 7.66. The molecule has 1 aliphatic rings. The second kappa shape index (κ2) is 6.71. The van der Waals surface area contributed by atoms with Crippen LogP contribution in [0.15, 0.2) is 42.5 Å². The van der Waals surface area contributed by atoms with Crippen LogP contribution in [0.2, 0.25) is 0 Å². The number of ether oxygens (including phenoxy) is 2. The number of nitrogens with zero attached hydrogens (tertiary/aromatic N) is 1. The Morgan fingerprint density at radius 3 is 2.95 bits per heavy atom. The van der Waals surface area contributed by atoms with E-state index in [9.17, 15) is 0 Å². The van der Waals surface area contributed by atoms with Crippen LogP contribution in [0.25, 0.3) is 0 Å². The van der Waals surface area contributed by atoms with Gasteiger partial charge < -0.3 is 20.1 Å². The summed E-state index contributed by atoms with van der Waals surface area (Å²) in [7, 11) is 0. The predicted octanol–water partition coefficient (Wildman–Crippen LogP) is 2.73.